The van der Waals surface area contributed by atoms with Gasteiger partial charge in [-0.05, 0) is 48.3 Å². The summed E-state index contributed by atoms with van der Waals surface area (Å²) < 4.78 is 0.658. The van der Waals surface area contributed by atoms with Gasteiger partial charge in [0, 0.05) is 12.2 Å². The van der Waals surface area contributed by atoms with Crippen molar-refractivity contribution >= 4 is 39.3 Å². The standard InChI is InChI=1S/C10H14BrClN4O/c1-5(2)14-9(17)6(3)15-8-7(11)4-13-10(12)16-8/h4-6H,1-3H3,(H,14,17)(H,13,15,16). The molecule has 5 nitrogen and oxygen atoms in total. The first-order valence-electron chi connectivity index (χ1n) is 5.15. The van der Waals surface area contributed by atoms with Crippen LogP contribution in [-0.4, -0.2) is 28.0 Å². The molecule has 0 spiro atoms. The Morgan fingerprint density at radius 2 is 2.12 bits per heavy atom. The summed E-state index contributed by atoms with van der Waals surface area (Å²) in [6.45, 7) is 5.56. The fourth-order valence-electron chi connectivity index (χ4n) is 1.13. The summed E-state index contributed by atoms with van der Waals surface area (Å²) in [5, 5.41) is 5.90. The summed E-state index contributed by atoms with van der Waals surface area (Å²) in [6.07, 6.45) is 1.53. The second-order valence-corrected chi connectivity index (χ2v) is 5.06. The van der Waals surface area contributed by atoms with Crippen LogP contribution in [0.3, 0.4) is 0 Å². The van der Waals surface area contributed by atoms with Gasteiger partial charge in [0.15, 0.2) is 0 Å². The zero-order valence-corrected chi connectivity index (χ0v) is 12.1. The Balaban J connectivity index is 2.70. The third-order valence-electron chi connectivity index (χ3n) is 1.89. The highest BCUT2D eigenvalue weighted by molar-refractivity contribution is 9.10. The minimum atomic E-state index is -0.403. The number of hydrogen-bond acceptors (Lipinski definition) is 4. The Hall–Kier alpha value is -0.880. The Bertz CT molecular complexity index is 413. The normalized spacial score (nSPS) is 12.4. The summed E-state index contributed by atoms with van der Waals surface area (Å²) in [5.41, 5.74) is 0. The number of aromatic nitrogens is 2. The fraction of sp³-hybridized carbons (Fsp3) is 0.500. The van der Waals surface area contributed by atoms with E-state index in [-0.39, 0.29) is 17.2 Å². The van der Waals surface area contributed by atoms with E-state index in [2.05, 4.69) is 36.5 Å². The molecule has 1 unspecified atom stereocenters. The van der Waals surface area contributed by atoms with Gasteiger partial charge in [-0.3, -0.25) is 4.79 Å². The number of rotatable bonds is 4. The smallest absolute Gasteiger partial charge is 0.242 e. The van der Waals surface area contributed by atoms with Gasteiger partial charge in [-0.15, -0.1) is 0 Å². The van der Waals surface area contributed by atoms with Crippen LogP contribution in [-0.2, 0) is 4.79 Å². The Kier molecular flexibility index (Phi) is 5.14. The second kappa shape index (κ2) is 6.16. The van der Waals surface area contributed by atoms with Crippen LogP contribution >= 0.6 is 27.5 Å². The molecule has 0 saturated carbocycles. The van der Waals surface area contributed by atoms with Crippen LogP contribution in [0.1, 0.15) is 20.8 Å². The Morgan fingerprint density at radius 3 is 2.71 bits per heavy atom. The SMILES string of the molecule is CC(C)NC(=O)C(C)Nc1nc(Cl)ncc1Br. The molecular formula is C10H14BrClN4O. The quantitative estimate of drug-likeness (QED) is 0.835. The van der Waals surface area contributed by atoms with E-state index >= 15 is 0 Å². The zero-order valence-electron chi connectivity index (χ0n) is 9.79. The fourth-order valence-corrected chi connectivity index (χ4v) is 1.57. The number of nitrogens with one attached hydrogen (secondary N) is 2. The number of hydrogen-bond donors (Lipinski definition) is 2. The van der Waals surface area contributed by atoms with Crippen LogP contribution in [0.5, 0.6) is 0 Å². The number of carbonyl (C=O) groups excluding carboxylic acids is 1. The van der Waals surface area contributed by atoms with E-state index in [9.17, 15) is 4.79 Å². The van der Waals surface area contributed by atoms with Crippen molar-refractivity contribution in [3.05, 3.63) is 16.0 Å². The summed E-state index contributed by atoms with van der Waals surface area (Å²) in [4.78, 5) is 19.5. The highest BCUT2D eigenvalue weighted by Gasteiger charge is 2.15. The molecular weight excluding hydrogens is 307 g/mol. The average molecular weight is 322 g/mol. The third kappa shape index (κ3) is 4.47. The highest BCUT2D eigenvalue weighted by atomic mass is 79.9. The number of amides is 1. The maximum atomic E-state index is 11.7. The topological polar surface area (TPSA) is 66.9 Å². The van der Waals surface area contributed by atoms with E-state index in [0.717, 1.165) is 0 Å². The third-order valence-corrected chi connectivity index (χ3v) is 2.65. The minimum Gasteiger partial charge on any atom is -0.358 e. The molecule has 1 rings (SSSR count). The van der Waals surface area contributed by atoms with Gasteiger partial charge in [0.05, 0.1) is 4.47 Å². The van der Waals surface area contributed by atoms with Crippen LogP contribution in [0, 0.1) is 0 Å². The van der Waals surface area contributed by atoms with Gasteiger partial charge < -0.3 is 10.6 Å². The minimum absolute atomic E-state index is 0.0957. The van der Waals surface area contributed by atoms with Gasteiger partial charge in [-0.2, -0.15) is 4.98 Å². The number of carbonyl (C=O) groups is 1. The summed E-state index contributed by atoms with van der Waals surface area (Å²) in [7, 11) is 0. The maximum Gasteiger partial charge on any atom is 0.242 e. The number of halogens is 2. The van der Waals surface area contributed by atoms with E-state index in [1.54, 1.807) is 6.92 Å². The van der Waals surface area contributed by atoms with Gasteiger partial charge in [-0.25, -0.2) is 4.98 Å². The second-order valence-electron chi connectivity index (χ2n) is 3.86. The molecule has 0 aliphatic rings. The first-order valence-corrected chi connectivity index (χ1v) is 6.32. The van der Waals surface area contributed by atoms with Crippen molar-refractivity contribution in [1.82, 2.24) is 15.3 Å². The average Bonchev–Trinajstić information content (AvgIpc) is 2.22. The monoisotopic (exact) mass is 320 g/mol. The predicted octanol–water partition coefficient (Wildman–Crippen LogP) is 2.22. The molecule has 1 aromatic heterocycles. The largest absolute Gasteiger partial charge is 0.358 e. The van der Waals surface area contributed by atoms with Crippen molar-refractivity contribution in [2.24, 2.45) is 0 Å². The van der Waals surface area contributed by atoms with Crippen LogP contribution < -0.4 is 10.6 Å². The van der Waals surface area contributed by atoms with Gasteiger partial charge in [0.1, 0.15) is 11.9 Å². The molecule has 1 atom stereocenters. The molecule has 0 saturated heterocycles. The number of anilines is 1. The maximum absolute atomic E-state index is 11.7. The molecule has 0 aromatic carbocycles. The van der Waals surface area contributed by atoms with E-state index in [0.29, 0.717) is 10.3 Å². The first kappa shape index (κ1) is 14.2. The summed E-state index contributed by atoms with van der Waals surface area (Å²) >= 11 is 8.96. The molecule has 0 aliphatic carbocycles. The molecule has 0 fully saturated rings. The van der Waals surface area contributed by atoms with Gasteiger partial charge in [-0.1, -0.05) is 0 Å². The van der Waals surface area contributed by atoms with Crippen molar-refractivity contribution in [2.75, 3.05) is 5.32 Å². The van der Waals surface area contributed by atoms with Crippen molar-refractivity contribution in [3.63, 3.8) is 0 Å². The number of nitrogens with zero attached hydrogens (tertiary/aromatic N) is 2. The Morgan fingerprint density at radius 1 is 1.47 bits per heavy atom. The van der Waals surface area contributed by atoms with Crippen molar-refractivity contribution < 1.29 is 4.79 Å². The molecule has 1 heterocycles. The molecule has 7 heteroatoms. The lowest BCUT2D eigenvalue weighted by Crippen LogP contribution is -2.41. The molecule has 94 valence electrons. The molecule has 0 bridgehead atoms. The van der Waals surface area contributed by atoms with Crippen LogP contribution in [0.4, 0.5) is 5.82 Å². The lowest BCUT2D eigenvalue weighted by molar-refractivity contribution is -0.122. The van der Waals surface area contributed by atoms with E-state index < -0.39 is 6.04 Å². The summed E-state index contributed by atoms with van der Waals surface area (Å²) in [6, 6.07) is -0.302. The van der Waals surface area contributed by atoms with E-state index in [4.69, 9.17) is 11.6 Å². The van der Waals surface area contributed by atoms with Crippen LogP contribution in [0.2, 0.25) is 5.28 Å². The lowest BCUT2D eigenvalue weighted by Gasteiger charge is -2.17. The molecule has 0 aliphatic heterocycles. The highest BCUT2D eigenvalue weighted by Crippen LogP contribution is 2.20. The van der Waals surface area contributed by atoms with Crippen molar-refractivity contribution in [1.29, 1.82) is 0 Å². The molecule has 1 amide bonds. The zero-order chi connectivity index (χ0) is 13.0. The molecule has 2 N–H and O–H groups in total. The Labute approximate surface area is 113 Å². The molecule has 17 heavy (non-hydrogen) atoms. The van der Waals surface area contributed by atoms with Crippen molar-refractivity contribution in [3.8, 4) is 0 Å². The van der Waals surface area contributed by atoms with Gasteiger partial charge in [0.2, 0.25) is 11.2 Å². The predicted molar refractivity (Wildman–Crippen MR) is 71.1 cm³/mol. The van der Waals surface area contributed by atoms with E-state index in [1.807, 2.05) is 13.8 Å². The van der Waals surface area contributed by atoms with Crippen LogP contribution in [0.25, 0.3) is 0 Å². The van der Waals surface area contributed by atoms with E-state index in [1.165, 1.54) is 6.20 Å². The first-order chi connectivity index (χ1) is 7.90. The lowest BCUT2D eigenvalue weighted by atomic mass is 10.3. The molecule has 0 radical (unpaired) electrons. The van der Waals surface area contributed by atoms with Crippen LogP contribution in [0.15, 0.2) is 10.7 Å². The summed E-state index contributed by atoms with van der Waals surface area (Å²) in [5.74, 6) is 0.401. The van der Waals surface area contributed by atoms with Crippen molar-refractivity contribution in [2.45, 2.75) is 32.9 Å². The van der Waals surface area contributed by atoms with Gasteiger partial charge in [0.25, 0.3) is 0 Å². The van der Waals surface area contributed by atoms with Gasteiger partial charge >= 0.3 is 0 Å². The molecule has 1 aromatic rings.